The van der Waals surface area contributed by atoms with Gasteiger partial charge in [-0.25, -0.2) is 4.98 Å². The predicted molar refractivity (Wildman–Crippen MR) is 114 cm³/mol. The summed E-state index contributed by atoms with van der Waals surface area (Å²) in [6.45, 7) is 7.04. The zero-order chi connectivity index (χ0) is 17.1. The summed E-state index contributed by atoms with van der Waals surface area (Å²) < 4.78 is 1.88. The maximum Gasteiger partial charge on any atom is 0.193 e. The molecule has 0 aliphatic carbocycles. The molecule has 25 heavy (non-hydrogen) atoms. The summed E-state index contributed by atoms with van der Waals surface area (Å²) in [5.74, 6) is 1.66. The molecule has 3 heterocycles. The largest absolute Gasteiger partial charge is 0.351 e. The summed E-state index contributed by atoms with van der Waals surface area (Å²) in [6, 6.07) is 0. The molecule has 1 N–H and O–H groups in total. The summed E-state index contributed by atoms with van der Waals surface area (Å²) in [5, 5.41) is 8.89. The van der Waals surface area contributed by atoms with E-state index >= 15 is 0 Å². The number of aromatic nitrogens is 3. The zero-order valence-electron chi connectivity index (χ0n) is 15.3. The van der Waals surface area contributed by atoms with Gasteiger partial charge in [-0.05, 0) is 38.2 Å². The molecule has 0 saturated carbocycles. The quantitative estimate of drug-likeness (QED) is 0.421. The summed E-state index contributed by atoms with van der Waals surface area (Å²) in [6.07, 6.45) is 6.39. The first-order chi connectivity index (χ1) is 11.5. The fraction of sp³-hybridized carbons (Fsp3) is 0.588. The van der Waals surface area contributed by atoms with Gasteiger partial charge in [0.1, 0.15) is 0 Å². The van der Waals surface area contributed by atoms with Crippen LogP contribution in [0.4, 0.5) is 0 Å². The van der Waals surface area contributed by atoms with E-state index in [1.165, 1.54) is 16.9 Å². The van der Waals surface area contributed by atoms with E-state index in [2.05, 4.69) is 45.3 Å². The number of hydrogen-bond donors (Lipinski definition) is 1. The van der Waals surface area contributed by atoms with Crippen molar-refractivity contribution in [2.45, 2.75) is 33.2 Å². The Kier molecular flexibility index (Phi) is 7.24. The molecule has 1 saturated heterocycles. The molecule has 1 unspecified atom stereocenters. The first kappa shape index (κ1) is 20.2. The van der Waals surface area contributed by atoms with Crippen molar-refractivity contribution in [3.8, 4) is 0 Å². The molecule has 138 valence electrons. The Balaban J connectivity index is 0.00000225. The molecule has 2 aromatic heterocycles. The fourth-order valence-corrected chi connectivity index (χ4v) is 4.21. The van der Waals surface area contributed by atoms with E-state index in [-0.39, 0.29) is 24.0 Å². The van der Waals surface area contributed by atoms with E-state index in [0.29, 0.717) is 5.92 Å². The lowest BCUT2D eigenvalue weighted by molar-refractivity contribution is 0.460. The SMILES string of the molecule is CN=C(NCc1sc(C)nc1C)N1CCC(Cc2cnn(C)c2)C1.I. The van der Waals surface area contributed by atoms with Gasteiger partial charge in [-0.2, -0.15) is 5.10 Å². The number of rotatable bonds is 4. The standard InChI is InChI=1S/C17H26N6S.HI/c1-12-16(24-13(2)21-12)9-19-17(18-3)23-6-5-14(11-23)7-15-8-20-22(4)10-15;/h8,10,14H,5-7,9,11H2,1-4H3,(H,18,19);1H. The predicted octanol–water partition coefficient (Wildman–Crippen LogP) is 2.75. The molecule has 1 aliphatic rings. The van der Waals surface area contributed by atoms with Gasteiger partial charge in [0, 0.05) is 38.3 Å². The Morgan fingerprint density at radius 3 is 2.84 bits per heavy atom. The van der Waals surface area contributed by atoms with E-state index < -0.39 is 0 Å². The molecule has 0 bridgehead atoms. The second kappa shape index (κ2) is 8.98. The fourth-order valence-electron chi connectivity index (χ4n) is 3.33. The van der Waals surface area contributed by atoms with E-state index in [9.17, 15) is 0 Å². The molecule has 1 fully saturated rings. The molecule has 0 radical (unpaired) electrons. The normalized spacial score (nSPS) is 17.7. The Morgan fingerprint density at radius 2 is 2.24 bits per heavy atom. The van der Waals surface area contributed by atoms with E-state index in [1.54, 1.807) is 11.3 Å². The molecule has 0 amide bonds. The summed E-state index contributed by atoms with van der Waals surface area (Å²) in [5.41, 5.74) is 2.44. The summed E-state index contributed by atoms with van der Waals surface area (Å²) in [7, 11) is 3.83. The molecule has 8 heteroatoms. The number of guanidine groups is 1. The molecular weight excluding hydrogens is 447 g/mol. The van der Waals surface area contributed by atoms with E-state index in [1.807, 2.05) is 25.0 Å². The van der Waals surface area contributed by atoms with E-state index in [0.717, 1.165) is 42.7 Å². The van der Waals surface area contributed by atoms with Gasteiger partial charge in [0.15, 0.2) is 5.96 Å². The van der Waals surface area contributed by atoms with Gasteiger partial charge in [-0.1, -0.05) is 0 Å². The van der Waals surface area contributed by atoms with E-state index in [4.69, 9.17) is 0 Å². The van der Waals surface area contributed by atoms with Crippen molar-refractivity contribution in [1.29, 1.82) is 0 Å². The lowest BCUT2D eigenvalue weighted by atomic mass is 10.0. The highest BCUT2D eigenvalue weighted by atomic mass is 127. The number of halogens is 1. The number of nitrogens with zero attached hydrogens (tertiary/aromatic N) is 5. The van der Waals surface area contributed by atoms with Crippen molar-refractivity contribution < 1.29 is 0 Å². The van der Waals surface area contributed by atoms with Crippen molar-refractivity contribution in [3.05, 3.63) is 33.5 Å². The van der Waals surface area contributed by atoms with Gasteiger partial charge in [0.25, 0.3) is 0 Å². The van der Waals surface area contributed by atoms with Crippen LogP contribution in [0.2, 0.25) is 0 Å². The lowest BCUT2D eigenvalue weighted by Gasteiger charge is -2.21. The topological polar surface area (TPSA) is 58.3 Å². The van der Waals surface area contributed by atoms with Crippen LogP contribution in [0, 0.1) is 19.8 Å². The van der Waals surface area contributed by atoms with Gasteiger partial charge in [-0.3, -0.25) is 9.67 Å². The molecule has 1 atom stereocenters. The van der Waals surface area contributed by atoms with Crippen LogP contribution in [0.1, 0.15) is 27.6 Å². The second-order valence-corrected chi connectivity index (χ2v) is 7.76. The van der Waals surface area contributed by atoms with Crippen LogP contribution in [-0.2, 0) is 20.0 Å². The number of aliphatic imine (C=N–C) groups is 1. The Bertz CT molecular complexity index is 723. The third-order valence-corrected chi connectivity index (χ3v) is 5.56. The van der Waals surface area contributed by atoms with Gasteiger partial charge in [0.05, 0.1) is 23.4 Å². The minimum absolute atomic E-state index is 0. The van der Waals surface area contributed by atoms with Crippen LogP contribution < -0.4 is 5.32 Å². The Morgan fingerprint density at radius 1 is 1.44 bits per heavy atom. The van der Waals surface area contributed by atoms with Crippen molar-refractivity contribution in [1.82, 2.24) is 25.0 Å². The molecule has 2 aromatic rings. The minimum atomic E-state index is 0. The van der Waals surface area contributed by atoms with Crippen molar-refractivity contribution >= 4 is 41.3 Å². The Labute approximate surface area is 170 Å². The Hall–Kier alpha value is -1.16. The molecule has 6 nitrogen and oxygen atoms in total. The van der Waals surface area contributed by atoms with Crippen molar-refractivity contribution in [3.63, 3.8) is 0 Å². The second-order valence-electron chi connectivity index (χ2n) is 6.47. The number of likely N-dealkylation sites (tertiary alicyclic amines) is 1. The maximum atomic E-state index is 4.49. The number of hydrogen-bond acceptors (Lipinski definition) is 4. The zero-order valence-corrected chi connectivity index (χ0v) is 18.5. The number of thiazole rings is 1. The van der Waals surface area contributed by atoms with Crippen LogP contribution in [-0.4, -0.2) is 45.8 Å². The van der Waals surface area contributed by atoms with Crippen LogP contribution in [0.15, 0.2) is 17.4 Å². The molecule has 0 aromatic carbocycles. The minimum Gasteiger partial charge on any atom is -0.351 e. The van der Waals surface area contributed by atoms with Crippen molar-refractivity contribution in [2.75, 3.05) is 20.1 Å². The van der Waals surface area contributed by atoms with Gasteiger partial charge in [0.2, 0.25) is 0 Å². The highest BCUT2D eigenvalue weighted by molar-refractivity contribution is 14.0. The van der Waals surface area contributed by atoms with Gasteiger partial charge < -0.3 is 10.2 Å². The third-order valence-electron chi connectivity index (χ3n) is 4.49. The average molecular weight is 474 g/mol. The monoisotopic (exact) mass is 474 g/mol. The van der Waals surface area contributed by atoms with Crippen LogP contribution in [0.5, 0.6) is 0 Å². The molecule has 0 spiro atoms. The van der Waals surface area contributed by atoms with Crippen LogP contribution in [0.3, 0.4) is 0 Å². The number of aryl methyl sites for hydroxylation is 3. The first-order valence-corrected chi connectivity index (χ1v) is 9.23. The smallest absolute Gasteiger partial charge is 0.193 e. The summed E-state index contributed by atoms with van der Waals surface area (Å²) in [4.78, 5) is 12.6. The molecular formula is C17H27IN6S. The third kappa shape index (κ3) is 5.16. The van der Waals surface area contributed by atoms with Crippen LogP contribution >= 0.6 is 35.3 Å². The summed E-state index contributed by atoms with van der Waals surface area (Å²) >= 11 is 1.76. The van der Waals surface area contributed by atoms with Gasteiger partial charge >= 0.3 is 0 Å². The molecule has 1 aliphatic heterocycles. The highest BCUT2D eigenvalue weighted by Crippen LogP contribution is 2.21. The lowest BCUT2D eigenvalue weighted by Crippen LogP contribution is -2.39. The van der Waals surface area contributed by atoms with Gasteiger partial charge in [-0.15, -0.1) is 35.3 Å². The molecule has 3 rings (SSSR count). The highest BCUT2D eigenvalue weighted by Gasteiger charge is 2.25. The van der Waals surface area contributed by atoms with Crippen LogP contribution in [0.25, 0.3) is 0 Å². The van der Waals surface area contributed by atoms with Crippen molar-refractivity contribution in [2.24, 2.45) is 18.0 Å². The maximum absolute atomic E-state index is 4.49. The first-order valence-electron chi connectivity index (χ1n) is 8.41. The average Bonchev–Trinajstić information content (AvgIpc) is 3.23. The number of nitrogens with one attached hydrogen (secondary N) is 1.